The Morgan fingerprint density at radius 3 is 2.31 bits per heavy atom. The van der Waals surface area contributed by atoms with Gasteiger partial charge < -0.3 is 14.7 Å². The molecule has 32 heavy (non-hydrogen) atoms. The van der Waals surface area contributed by atoms with E-state index in [1.54, 1.807) is 47.5 Å². The molecular weight excluding hydrogens is 405 g/mol. The fourth-order valence-corrected chi connectivity index (χ4v) is 3.66. The van der Waals surface area contributed by atoms with Gasteiger partial charge in [-0.25, -0.2) is 9.37 Å². The van der Waals surface area contributed by atoms with Crippen LogP contribution in [0.4, 0.5) is 15.9 Å². The number of carbonyl (C=O) groups is 1. The average Bonchev–Trinajstić information content (AvgIpc) is 2.84. The Labute approximate surface area is 187 Å². The molecule has 1 amide bonds. The molecule has 0 aliphatic carbocycles. The van der Waals surface area contributed by atoms with Crippen LogP contribution in [0.2, 0.25) is 0 Å². The molecule has 4 rings (SSSR count). The van der Waals surface area contributed by atoms with Crippen molar-refractivity contribution in [3.8, 4) is 6.07 Å². The molecule has 0 unspecified atom stereocenters. The van der Waals surface area contributed by atoms with E-state index in [-0.39, 0.29) is 11.7 Å². The fourth-order valence-electron chi connectivity index (χ4n) is 3.66. The van der Waals surface area contributed by atoms with Gasteiger partial charge in [0.05, 0.1) is 18.2 Å². The van der Waals surface area contributed by atoms with Crippen LogP contribution in [0, 0.1) is 17.1 Å². The molecule has 2 heterocycles. The SMILES string of the molecule is CN1CCN(c2ccc(CN(C(=O)c3ccc(C#N)cc3)c3ccc(F)cc3)cn2)CC1. The van der Waals surface area contributed by atoms with Gasteiger partial charge in [-0.3, -0.25) is 4.79 Å². The highest BCUT2D eigenvalue weighted by Gasteiger charge is 2.20. The van der Waals surface area contributed by atoms with Crippen LogP contribution in [0.15, 0.2) is 66.9 Å². The number of rotatable bonds is 5. The lowest BCUT2D eigenvalue weighted by atomic mass is 10.1. The van der Waals surface area contributed by atoms with Crippen LogP contribution in [0.5, 0.6) is 0 Å². The summed E-state index contributed by atoms with van der Waals surface area (Å²) in [4.78, 5) is 24.0. The van der Waals surface area contributed by atoms with E-state index in [0.29, 0.717) is 23.4 Å². The standard InChI is InChI=1S/C25H24FN5O/c1-29-12-14-30(15-13-29)24-11-4-20(17-28-24)18-31(23-9-7-22(26)8-10-23)25(32)21-5-2-19(16-27)3-6-21/h2-11,17H,12-15,18H2,1H3. The lowest BCUT2D eigenvalue weighted by Crippen LogP contribution is -2.44. The number of anilines is 2. The largest absolute Gasteiger partial charge is 0.354 e. The zero-order valence-corrected chi connectivity index (χ0v) is 17.9. The lowest BCUT2D eigenvalue weighted by molar-refractivity contribution is 0.0985. The van der Waals surface area contributed by atoms with Crippen LogP contribution in [-0.4, -0.2) is 49.0 Å². The van der Waals surface area contributed by atoms with Crippen molar-refractivity contribution < 1.29 is 9.18 Å². The van der Waals surface area contributed by atoms with E-state index in [2.05, 4.69) is 27.9 Å². The normalized spacial score (nSPS) is 14.1. The molecule has 2 aromatic carbocycles. The number of carbonyl (C=O) groups excluding carboxylic acids is 1. The van der Waals surface area contributed by atoms with Crippen molar-refractivity contribution in [2.75, 3.05) is 43.0 Å². The first-order valence-corrected chi connectivity index (χ1v) is 10.5. The number of nitrogens with zero attached hydrogens (tertiary/aromatic N) is 5. The Bertz CT molecular complexity index is 1100. The van der Waals surface area contributed by atoms with Crippen molar-refractivity contribution in [2.45, 2.75) is 6.54 Å². The van der Waals surface area contributed by atoms with Crippen molar-refractivity contribution in [3.63, 3.8) is 0 Å². The van der Waals surface area contributed by atoms with Gasteiger partial charge in [-0.1, -0.05) is 6.07 Å². The third-order valence-corrected chi connectivity index (χ3v) is 5.62. The van der Waals surface area contributed by atoms with E-state index in [0.717, 1.165) is 37.6 Å². The predicted octanol–water partition coefficient (Wildman–Crippen LogP) is 3.69. The molecule has 1 saturated heterocycles. The highest BCUT2D eigenvalue weighted by atomic mass is 19.1. The van der Waals surface area contributed by atoms with Gasteiger partial charge in [0.1, 0.15) is 11.6 Å². The van der Waals surface area contributed by atoms with Gasteiger partial charge in [0.2, 0.25) is 0 Å². The number of likely N-dealkylation sites (N-methyl/N-ethyl adjacent to an activating group) is 1. The predicted molar refractivity (Wildman–Crippen MR) is 122 cm³/mol. The number of halogens is 1. The number of hydrogen-bond donors (Lipinski definition) is 0. The highest BCUT2D eigenvalue weighted by molar-refractivity contribution is 6.06. The van der Waals surface area contributed by atoms with Crippen LogP contribution in [0.25, 0.3) is 0 Å². The van der Waals surface area contributed by atoms with Crippen molar-refractivity contribution in [1.82, 2.24) is 9.88 Å². The molecule has 0 radical (unpaired) electrons. The minimum Gasteiger partial charge on any atom is -0.354 e. The number of benzene rings is 2. The van der Waals surface area contributed by atoms with Crippen LogP contribution in [0.3, 0.4) is 0 Å². The molecule has 0 N–H and O–H groups in total. The Morgan fingerprint density at radius 2 is 1.72 bits per heavy atom. The fraction of sp³-hybridized carbons (Fsp3) is 0.240. The van der Waals surface area contributed by atoms with Crippen LogP contribution in [0.1, 0.15) is 21.5 Å². The molecule has 0 saturated carbocycles. The molecule has 0 atom stereocenters. The summed E-state index contributed by atoms with van der Waals surface area (Å²) in [5, 5.41) is 9.01. The molecule has 3 aromatic rings. The Balaban J connectivity index is 1.56. The van der Waals surface area contributed by atoms with Crippen LogP contribution < -0.4 is 9.80 Å². The molecular formula is C25H24FN5O. The molecule has 1 aliphatic heterocycles. The molecule has 162 valence electrons. The van der Waals surface area contributed by atoms with E-state index in [1.807, 2.05) is 12.1 Å². The highest BCUT2D eigenvalue weighted by Crippen LogP contribution is 2.22. The smallest absolute Gasteiger partial charge is 0.258 e. The van der Waals surface area contributed by atoms with E-state index < -0.39 is 0 Å². The lowest BCUT2D eigenvalue weighted by Gasteiger charge is -2.33. The van der Waals surface area contributed by atoms with E-state index >= 15 is 0 Å². The molecule has 0 spiro atoms. The minimum atomic E-state index is -0.363. The zero-order valence-electron chi connectivity index (χ0n) is 17.9. The van der Waals surface area contributed by atoms with Gasteiger partial charge in [-0.05, 0) is 67.2 Å². The third-order valence-electron chi connectivity index (χ3n) is 5.62. The number of nitriles is 1. The molecule has 1 aromatic heterocycles. The second-order valence-electron chi connectivity index (χ2n) is 7.87. The third kappa shape index (κ3) is 4.93. The number of aromatic nitrogens is 1. The summed E-state index contributed by atoms with van der Waals surface area (Å²) in [5.41, 5.74) is 2.40. The van der Waals surface area contributed by atoms with Gasteiger partial charge in [-0.15, -0.1) is 0 Å². The van der Waals surface area contributed by atoms with Gasteiger partial charge in [0, 0.05) is 43.6 Å². The van der Waals surface area contributed by atoms with E-state index in [4.69, 9.17) is 5.26 Å². The summed E-state index contributed by atoms with van der Waals surface area (Å²) in [7, 11) is 2.11. The first-order chi connectivity index (χ1) is 15.5. The second kappa shape index (κ2) is 9.58. The zero-order chi connectivity index (χ0) is 22.5. The summed E-state index contributed by atoms with van der Waals surface area (Å²) in [6, 6.07) is 18.3. The molecule has 7 heteroatoms. The Hall–Kier alpha value is -3.76. The van der Waals surface area contributed by atoms with Crippen molar-refractivity contribution in [1.29, 1.82) is 5.26 Å². The van der Waals surface area contributed by atoms with Gasteiger partial charge >= 0.3 is 0 Å². The first kappa shape index (κ1) is 21.5. The average molecular weight is 429 g/mol. The van der Waals surface area contributed by atoms with Crippen molar-refractivity contribution >= 4 is 17.4 Å². The number of amides is 1. The van der Waals surface area contributed by atoms with E-state index in [1.165, 1.54) is 12.1 Å². The quantitative estimate of drug-likeness (QED) is 0.619. The minimum absolute atomic E-state index is 0.232. The molecule has 1 aliphatic rings. The maximum absolute atomic E-state index is 13.5. The number of hydrogen-bond acceptors (Lipinski definition) is 5. The van der Waals surface area contributed by atoms with Crippen molar-refractivity contribution in [3.05, 3.63) is 89.4 Å². The Kier molecular flexibility index (Phi) is 6.43. The second-order valence-corrected chi connectivity index (χ2v) is 7.87. The van der Waals surface area contributed by atoms with Crippen LogP contribution in [-0.2, 0) is 6.54 Å². The maximum atomic E-state index is 13.5. The van der Waals surface area contributed by atoms with Gasteiger partial charge in [0.15, 0.2) is 0 Å². The monoisotopic (exact) mass is 429 g/mol. The maximum Gasteiger partial charge on any atom is 0.258 e. The topological polar surface area (TPSA) is 63.5 Å². The van der Waals surface area contributed by atoms with E-state index in [9.17, 15) is 9.18 Å². The van der Waals surface area contributed by atoms with Gasteiger partial charge in [0.25, 0.3) is 5.91 Å². The number of pyridine rings is 1. The van der Waals surface area contributed by atoms with Crippen LogP contribution >= 0.6 is 0 Å². The molecule has 6 nitrogen and oxygen atoms in total. The summed E-state index contributed by atoms with van der Waals surface area (Å²) in [5.74, 6) is 0.329. The summed E-state index contributed by atoms with van der Waals surface area (Å²) < 4.78 is 13.5. The van der Waals surface area contributed by atoms with Crippen molar-refractivity contribution in [2.24, 2.45) is 0 Å². The first-order valence-electron chi connectivity index (χ1n) is 10.5. The molecule has 1 fully saturated rings. The van der Waals surface area contributed by atoms with Gasteiger partial charge in [-0.2, -0.15) is 5.26 Å². The summed E-state index contributed by atoms with van der Waals surface area (Å²) in [6.45, 7) is 4.16. The Morgan fingerprint density at radius 1 is 1.03 bits per heavy atom. The number of piperazine rings is 1. The summed E-state index contributed by atoms with van der Waals surface area (Å²) >= 11 is 0. The molecule has 0 bridgehead atoms. The summed E-state index contributed by atoms with van der Waals surface area (Å²) in [6.07, 6.45) is 1.79.